The second kappa shape index (κ2) is 6.08. The number of hydrogen-bond acceptors (Lipinski definition) is 3. The number of hydrogen-bond donors (Lipinski definition) is 1. The van der Waals surface area contributed by atoms with Gasteiger partial charge in [0.2, 0.25) is 0 Å². The molecule has 0 spiro atoms. The zero-order valence-corrected chi connectivity index (χ0v) is 12.8. The summed E-state index contributed by atoms with van der Waals surface area (Å²) in [5, 5.41) is 3.31. The van der Waals surface area contributed by atoms with E-state index < -0.39 is 0 Å². The molecule has 0 amide bonds. The van der Waals surface area contributed by atoms with Gasteiger partial charge in [0.15, 0.2) is 5.84 Å². The molecule has 0 aliphatic carbocycles. The van der Waals surface area contributed by atoms with Crippen LogP contribution in [0.15, 0.2) is 88.8 Å². The summed E-state index contributed by atoms with van der Waals surface area (Å²) in [6, 6.07) is 23.8. The van der Waals surface area contributed by atoms with Crippen LogP contribution < -0.4 is 5.32 Å². The molecule has 0 bridgehead atoms. The first-order valence-corrected chi connectivity index (χ1v) is 7.64. The van der Waals surface area contributed by atoms with Gasteiger partial charge >= 0.3 is 0 Å². The van der Waals surface area contributed by atoms with Gasteiger partial charge in [-0.3, -0.25) is 0 Å². The molecular weight excluding hydrogens is 301 g/mol. The first-order chi connectivity index (χ1) is 11.8. The van der Waals surface area contributed by atoms with Crippen molar-refractivity contribution >= 4 is 23.0 Å². The topological polar surface area (TPSA) is 36.8 Å². The van der Waals surface area contributed by atoms with Crippen LogP contribution in [-0.4, -0.2) is 11.7 Å². The van der Waals surface area contributed by atoms with Crippen molar-refractivity contribution in [2.45, 2.75) is 0 Å². The minimum absolute atomic E-state index is 0.273. The molecule has 1 heterocycles. The zero-order chi connectivity index (χ0) is 16.4. The van der Waals surface area contributed by atoms with Crippen LogP contribution in [0.25, 0.3) is 0 Å². The molecule has 1 aliphatic heterocycles. The molecule has 1 N–H and O–H groups in total. The molecule has 0 radical (unpaired) electrons. The largest absolute Gasteiger partial charge is 0.338 e. The summed E-state index contributed by atoms with van der Waals surface area (Å²) < 4.78 is 13.2. The van der Waals surface area contributed by atoms with Crippen molar-refractivity contribution in [3.63, 3.8) is 0 Å². The van der Waals surface area contributed by atoms with E-state index in [2.05, 4.69) is 5.32 Å². The molecule has 24 heavy (non-hydrogen) atoms. The van der Waals surface area contributed by atoms with E-state index in [1.54, 1.807) is 12.1 Å². The maximum absolute atomic E-state index is 13.2. The van der Waals surface area contributed by atoms with Crippen LogP contribution in [-0.2, 0) is 0 Å². The summed E-state index contributed by atoms with van der Waals surface area (Å²) in [6.07, 6.45) is 0. The Morgan fingerprint density at radius 3 is 2.17 bits per heavy atom. The number of anilines is 1. The first-order valence-electron chi connectivity index (χ1n) is 7.64. The smallest absolute Gasteiger partial charge is 0.162 e. The third-order valence-electron chi connectivity index (χ3n) is 3.75. The van der Waals surface area contributed by atoms with E-state index in [0.29, 0.717) is 11.7 Å². The van der Waals surface area contributed by atoms with E-state index in [0.717, 1.165) is 22.5 Å². The van der Waals surface area contributed by atoms with Gasteiger partial charge in [-0.05, 0) is 36.4 Å². The summed E-state index contributed by atoms with van der Waals surface area (Å²) in [5.41, 5.74) is 3.41. The number of aliphatic imine (C=N–C) groups is 2. The highest BCUT2D eigenvalue weighted by Crippen LogP contribution is 2.28. The van der Waals surface area contributed by atoms with Gasteiger partial charge in [-0.1, -0.05) is 42.5 Å². The van der Waals surface area contributed by atoms with Crippen molar-refractivity contribution in [2.75, 3.05) is 5.32 Å². The predicted molar refractivity (Wildman–Crippen MR) is 95.6 cm³/mol. The number of para-hydroxylation sites is 2. The third-order valence-corrected chi connectivity index (χ3v) is 3.75. The predicted octanol–water partition coefficient (Wildman–Crippen LogP) is 4.78. The molecular formula is C20H14FN3. The Labute approximate surface area is 139 Å². The second-order valence-corrected chi connectivity index (χ2v) is 5.41. The number of benzene rings is 3. The van der Waals surface area contributed by atoms with Gasteiger partial charge < -0.3 is 5.32 Å². The van der Waals surface area contributed by atoms with Crippen LogP contribution in [0.2, 0.25) is 0 Å². The molecule has 4 heteroatoms. The van der Waals surface area contributed by atoms with Gasteiger partial charge in [-0.15, -0.1) is 0 Å². The molecule has 0 fully saturated rings. The molecule has 3 nitrogen and oxygen atoms in total. The Balaban J connectivity index is 1.87. The summed E-state index contributed by atoms with van der Waals surface area (Å²) >= 11 is 0. The molecule has 0 aromatic heterocycles. The highest BCUT2D eigenvalue weighted by Gasteiger charge is 2.14. The van der Waals surface area contributed by atoms with Gasteiger partial charge in [0, 0.05) is 11.1 Å². The minimum atomic E-state index is -0.273. The fourth-order valence-corrected chi connectivity index (χ4v) is 2.54. The Hall–Kier alpha value is -3.27. The fourth-order valence-electron chi connectivity index (χ4n) is 2.54. The Kier molecular flexibility index (Phi) is 3.63. The number of amidine groups is 2. The van der Waals surface area contributed by atoms with E-state index in [-0.39, 0.29) is 5.82 Å². The number of fused-ring (bicyclic) bond motifs is 1. The van der Waals surface area contributed by atoms with Gasteiger partial charge in [0.1, 0.15) is 11.7 Å². The van der Waals surface area contributed by atoms with Crippen LogP contribution in [0.3, 0.4) is 0 Å². The number of nitrogens with zero attached hydrogens (tertiary/aromatic N) is 2. The lowest BCUT2D eigenvalue weighted by Crippen LogP contribution is -2.15. The quantitative estimate of drug-likeness (QED) is 0.726. The molecule has 0 saturated heterocycles. The molecule has 0 unspecified atom stereocenters. The minimum Gasteiger partial charge on any atom is -0.338 e. The SMILES string of the molecule is Fc1ccc(C2=NC(c3ccccc3)=Nc3ccccc3N2)cc1. The van der Waals surface area contributed by atoms with Crippen LogP contribution in [0.1, 0.15) is 11.1 Å². The van der Waals surface area contributed by atoms with Crippen LogP contribution in [0.4, 0.5) is 15.8 Å². The molecule has 0 atom stereocenters. The van der Waals surface area contributed by atoms with Crippen molar-refractivity contribution in [1.82, 2.24) is 0 Å². The van der Waals surface area contributed by atoms with E-state index >= 15 is 0 Å². The molecule has 1 aliphatic rings. The number of rotatable bonds is 2. The van der Waals surface area contributed by atoms with Crippen molar-refractivity contribution in [2.24, 2.45) is 9.98 Å². The van der Waals surface area contributed by atoms with Crippen molar-refractivity contribution in [1.29, 1.82) is 0 Å². The van der Waals surface area contributed by atoms with Gasteiger partial charge in [-0.25, -0.2) is 14.4 Å². The van der Waals surface area contributed by atoms with E-state index in [4.69, 9.17) is 9.98 Å². The molecule has 116 valence electrons. The lowest BCUT2D eigenvalue weighted by atomic mass is 10.2. The zero-order valence-electron chi connectivity index (χ0n) is 12.8. The van der Waals surface area contributed by atoms with Crippen LogP contribution in [0.5, 0.6) is 0 Å². The first kappa shape index (κ1) is 14.3. The summed E-state index contributed by atoms with van der Waals surface area (Å²) in [4.78, 5) is 9.39. The van der Waals surface area contributed by atoms with E-state index in [1.807, 2.05) is 54.6 Å². The van der Waals surface area contributed by atoms with Crippen LogP contribution >= 0.6 is 0 Å². The van der Waals surface area contributed by atoms with Crippen molar-refractivity contribution < 1.29 is 4.39 Å². The highest BCUT2D eigenvalue weighted by molar-refractivity contribution is 6.19. The van der Waals surface area contributed by atoms with Crippen molar-refractivity contribution in [3.05, 3.63) is 95.8 Å². The lowest BCUT2D eigenvalue weighted by molar-refractivity contribution is 0.628. The standard InChI is InChI=1S/C20H14FN3/c21-16-12-10-15(11-13-16)20-23-18-9-5-4-8-17(18)22-19(24-20)14-6-2-1-3-7-14/h1-13H,(H,22,23,24). The van der Waals surface area contributed by atoms with Gasteiger partial charge in [0.05, 0.1) is 11.4 Å². The van der Waals surface area contributed by atoms with Crippen molar-refractivity contribution in [3.8, 4) is 0 Å². The maximum atomic E-state index is 13.2. The summed E-state index contributed by atoms with van der Waals surface area (Å²) in [5.74, 6) is 0.986. The molecule has 0 saturated carbocycles. The lowest BCUT2D eigenvalue weighted by Gasteiger charge is -2.09. The average molecular weight is 315 g/mol. The molecule has 3 aromatic carbocycles. The molecule has 4 rings (SSSR count). The Morgan fingerprint density at radius 1 is 0.667 bits per heavy atom. The second-order valence-electron chi connectivity index (χ2n) is 5.41. The molecule has 3 aromatic rings. The monoisotopic (exact) mass is 315 g/mol. The number of nitrogens with one attached hydrogen (secondary N) is 1. The fraction of sp³-hybridized carbons (Fsp3) is 0. The normalized spacial score (nSPS) is 13.2. The maximum Gasteiger partial charge on any atom is 0.162 e. The van der Waals surface area contributed by atoms with Crippen LogP contribution in [0, 0.1) is 5.82 Å². The third kappa shape index (κ3) is 2.82. The van der Waals surface area contributed by atoms with E-state index in [1.165, 1.54) is 12.1 Å². The average Bonchev–Trinajstić information content (AvgIpc) is 2.83. The summed E-state index contributed by atoms with van der Waals surface area (Å²) in [7, 11) is 0. The van der Waals surface area contributed by atoms with E-state index in [9.17, 15) is 4.39 Å². The highest BCUT2D eigenvalue weighted by atomic mass is 19.1. The van der Waals surface area contributed by atoms with Gasteiger partial charge in [0.25, 0.3) is 0 Å². The number of halogens is 1. The summed E-state index contributed by atoms with van der Waals surface area (Å²) in [6.45, 7) is 0. The van der Waals surface area contributed by atoms with Gasteiger partial charge in [-0.2, -0.15) is 0 Å². The Bertz CT molecular complexity index is 929. The Morgan fingerprint density at radius 2 is 1.38 bits per heavy atom.